The molecule has 0 heterocycles. The standard InChI is InChI=1S/C23H35N4O3P/c1-2-30-31(28,29)13-15-4-6-20(25)18(11-15)22-17-9-14-3-5-16(12-17)23(19(22)10-14)27-21(26)7-8-24/h4,6,8,11,14,16-17,19,22-24H,2-3,5,7,9-10,12-13,25H2,1H3,(H2,26,27)(H,28,29). The molecule has 7 unspecified atom stereocenters. The third-order valence-corrected chi connectivity index (χ3v) is 8.96. The van der Waals surface area contributed by atoms with Crippen LogP contribution in [0, 0.1) is 29.1 Å². The van der Waals surface area contributed by atoms with Crippen LogP contribution in [0.1, 0.15) is 62.5 Å². The van der Waals surface area contributed by atoms with Gasteiger partial charge < -0.3 is 26.3 Å². The van der Waals surface area contributed by atoms with Crippen molar-refractivity contribution in [2.75, 3.05) is 12.3 Å². The van der Waals surface area contributed by atoms with E-state index in [4.69, 9.17) is 26.4 Å². The van der Waals surface area contributed by atoms with E-state index in [0.717, 1.165) is 35.6 Å². The number of benzene rings is 1. The molecule has 8 heteroatoms. The van der Waals surface area contributed by atoms with Gasteiger partial charge in [-0.3, -0.25) is 9.56 Å². The molecule has 170 valence electrons. The number of rotatable bonds is 8. The Hall–Kier alpha value is -1.69. The molecular weight excluding hydrogens is 411 g/mol. The second-order valence-electron chi connectivity index (χ2n) is 9.56. The first-order valence-corrected chi connectivity index (χ1v) is 13.2. The van der Waals surface area contributed by atoms with Crippen LogP contribution in [-0.2, 0) is 15.3 Å². The van der Waals surface area contributed by atoms with Gasteiger partial charge in [-0.05, 0) is 79.4 Å². The minimum atomic E-state index is -3.66. The summed E-state index contributed by atoms with van der Waals surface area (Å²) in [4.78, 5) is 15.1. The van der Waals surface area contributed by atoms with Crippen LogP contribution in [0.2, 0.25) is 0 Å². The Morgan fingerprint density at radius 1 is 1.32 bits per heavy atom. The molecule has 4 saturated carbocycles. The summed E-state index contributed by atoms with van der Waals surface area (Å²) in [7, 11) is -3.66. The quantitative estimate of drug-likeness (QED) is 0.204. The van der Waals surface area contributed by atoms with E-state index in [9.17, 15) is 9.46 Å². The van der Waals surface area contributed by atoms with Crippen LogP contribution in [-0.4, -0.2) is 29.6 Å². The maximum absolute atomic E-state index is 12.3. The van der Waals surface area contributed by atoms with Crippen LogP contribution in [0.25, 0.3) is 0 Å². The Labute approximate surface area is 184 Å². The fourth-order valence-corrected chi connectivity index (χ4v) is 7.68. The monoisotopic (exact) mass is 446 g/mol. The second-order valence-corrected chi connectivity index (χ2v) is 11.4. The summed E-state index contributed by atoms with van der Waals surface area (Å²) < 4.78 is 17.4. The number of hydrogen-bond donors (Lipinski definition) is 4. The molecule has 6 N–H and O–H groups in total. The molecule has 1 aromatic rings. The Balaban J connectivity index is 1.68. The van der Waals surface area contributed by atoms with Crippen LogP contribution in [0.3, 0.4) is 0 Å². The summed E-state index contributed by atoms with van der Waals surface area (Å²) in [5, 5.41) is 7.36. The summed E-state index contributed by atoms with van der Waals surface area (Å²) >= 11 is 0. The lowest BCUT2D eigenvalue weighted by atomic mass is 9.57. The van der Waals surface area contributed by atoms with E-state index in [-0.39, 0.29) is 24.7 Å². The van der Waals surface area contributed by atoms with Gasteiger partial charge in [0.15, 0.2) is 0 Å². The normalized spacial score (nSPS) is 34.3. The van der Waals surface area contributed by atoms with Gasteiger partial charge in [0.2, 0.25) is 0 Å². The fraction of sp³-hybridized carbons (Fsp3) is 0.652. The Bertz CT molecular complexity index is 905. The molecule has 4 aliphatic rings. The minimum absolute atomic E-state index is 0.00468. The van der Waals surface area contributed by atoms with Crippen molar-refractivity contribution < 1.29 is 14.0 Å². The van der Waals surface area contributed by atoms with Crippen LogP contribution in [0.4, 0.5) is 5.69 Å². The average Bonchev–Trinajstić information content (AvgIpc) is 2.93. The largest absolute Gasteiger partial charge is 0.398 e. The van der Waals surface area contributed by atoms with Crippen molar-refractivity contribution in [1.29, 1.82) is 5.41 Å². The third-order valence-electron chi connectivity index (χ3n) is 7.53. The number of nitrogens with zero attached hydrogens (tertiary/aromatic N) is 1. The van der Waals surface area contributed by atoms with Crippen LogP contribution < -0.4 is 11.5 Å². The highest BCUT2D eigenvalue weighted by Crippen LogP contribution is 2.59. The molecule has 0 radical (unpaired) electrons. The lowest BCUT2D eigenvalue weighted by Crippen LogP contribution is -2.45. The number of nitrogens with two attached hydrogens (primary N) is 2. The first-order valence-electron chi connectivity index (χ1n) is 11.5. The third kappa shape index (κ3) is 4.74. The summed E-state index contributed by atoms with van der Waals surface area (Å²) in [6.45, 7) is 1.93. The lowest BCUT2D eigenvalue weighted by molar-refractivity contribution is 0.0792. The molecule has 0 amide bonds. The van der Waals surface area contributed by atoms with Gasteiger partial charge in [0, 0.05) is 18.3 Å². The summed E-state index contributed by atoms with van der Waals surface area (Å²) in [5.74, 6) is 3.06. The summed E-state index contributed by atoms with van der Waals surface area (Å²) in [6.07, 6.45) is 7.66. The van der Waals surface area contributed by atoms with Gasteiger partial charge in [-0.2, -0.15) is 0 Å². The highest BCUT2D eigenvalue weighted by molar-refractivity contribution is 7.51. The summed E-state index contributed by atoms with van der Waals surface area (Å²) in [6, 6.07) is 5.90. The number of fused-ring (bicyclic) bond motifs is 1. The molecule has 0 aliphatic heterocycles. The lowest BCUT2D eigenvalue weighted by Gasteiger charge is -2.49. The molecule has 4 bridgehead atoms. The van der Waals surface area contributed by atoms with E-state index in [2.05, 4.69) is 0 Å². The fourth-order valence-electron chi connectivity index (χ4n) is 6.52. The number of anilines is 1. The van der Waals surface area contributed by atoms with Gasteiger partial charge in [-0.1, -0.05) is 18.6 Å². The molecule has 7 atom stereocenters. The first kappa shape index (κ1) is 22.5. The number of amidine groups is 1. The Morgan fingerprint density at radius 2 is 2.13 bits per heavy atom. The number of aliphatic imine (C=N–C) groups is 1. The van der Waals surface area contributed by atoms with Crippen molar-refractivity contribution in [3.8, 4) is 0 Å². The van der Waals surface area contributed by atoms with Crippen molar-refractivity contribution in [3.05, 3.63) is 29.3 Å². The van der Waals surface area contributed by atoms with E-state index in [0.29, 0.717) is 30.0 Å². The van der Waals surface area contributed by atoms with Crippen molar-refractivity contribution in [2.24, 2.45) is 34.4 Å². The number of nitrogen functional groups attached to an aromatic ring is 1. The minimum Gasteiger partial charge on any atom is -0.398 e. The van der Waals surface area contributed by atoms with Crippen molar-refractivity contribution in [1.82, 2.24) is 0 Å². The Kier molecular flexibility index (Phi) is 6.57. The molecule has 5 rings (SSSR count). The van der Waals surface area contributed by atoms with Crippen molar-refractivity contribution >= 4 is 25.3 Å². The maximum atomic E-state index is 12.3. The van der Waals surface area contributed by atoms with Gasteiger partial charge in [-0.25, -0.2) is 0 Å². The zero-order chi connectivity index (χ0) is 22.2. The van der Waals surface area contributed by atoms with Crippen molar-refractivity contribution in [2.45, 2.75) is 63.6 Å². The second kappa shape index (κ2) is 9.05. The predicted molar refractivity (Wildman–Crippen MR) is 125 cm³/mol. The van der Waals surface area contributed by atoms with Gasteiger partial charge in [0.25, 0.3) is 0 Å². The maximum Gasteiger partial charge on any atom is 0.332 e. The van der Waals surface area contributed by atoms with Crippen LogP contribution in [0.5, 0.6) is 0 Å². The van der Waals surface area contributed by atoms with Gasteiger partial charge >= 0.3 is 7.60 Å². The molecule has 31 heavy (non-hydrogen) atoms. The van der Waals surface area contributed by atoms with E-state index < -0.39 is 7.60 Å². The predicted octanol–water partition coefficient (Wildman–Crippen LogP) is 4.30. The van der Waals surface area contributed by atoms with Gasteiger partial charge in [0.1, 0.15) is 0 Å². The summed E-state index contributed by atoms with van der Waals surface area (Å²) in [5.41, 5.74) is 15.3. The van der Waals surface area contributed by atoms with Crippen LogP contribution in [0.15, 0.2) is 23.2 Å². The van der Waals surface area contributed by atoms with E-state index in [1.54, 1.807) is 6.92 Å². The van der Waals surface area contributed by atoms with Crippen LogP contribution >= 0.6 is 7.60 Å². The molecule has 7 nitrogen and oxygen atoms in total. The number of nitrogens with one attached hydrogen (secondary N) is 1. The van der Waals surface area contributed by atoms with Crippen molar-refractivity contribution in [3.63, 3.8) is 0 Å². The Morgan fingerprint density at radius 3 is 2.87 bits per heavy atom. The zero-order valence-electron chi connectivity index (χ0n) is 18.2. The highest BCUT2D eigenvalue weighted by atomic mass is 31.2. The smallest absolute Gasteiger partial charge is 0.332 e. The van der Waals surface area contributed by atoms with E-state index in [1.807, 2.05) is 18.2 Å². The molecule has 0 saturated heterocycles. The molecule has 0 aromatic heterocycles. The van der Waals surface area contributed by atoms with Gasteiger partial charge in [-0.15, -0.1) is 0 Å². The highest BCUT2D eigenvalue weighted by Gasteiger charge is 2.52. The van der Waals surface area contributed by atoms with E-state index in [1.165, 1.54) is 25.5 Å². The topological polar surface area (TPSA) is 135 Å². The molecule has 4 fully saturated rings. The average molecular weight is 447 g/mol. The first-order chi connectivity index (χ1) is 14.8. The molecule has 4 aliphatic carbocycles. The molecular formula is C23H35N4O3P. The molecule has 0 spiro atoms. The zero-order valence-corrected chi connectivity index (χ0v) is 19.1. The van der Waals surface area contributed by atoms with E-state index >= 15 is 0 Å². The number of hydrogen-bond acceptors (Lipinski definition) is 5. The SMILES string of the molecule is CCOP(=O)(O)Cc1ccc(N)c(C2C3CC4CCC(C3)C(N=C(N)CC=N)C2C4)c1. The molecule has 1 aromatic carbocycles. The van der Waals surface area contributed by atoms with Gasteiger partial charge in [0.05, 0.1) is 24.6 Å².